The molecule has 0 aromatic carbocycles. The summed E-state index contributed by atoms with van der Waals surface area (Å²) in [7, 11) is -3.43. The number of hydrogen-bond acceptors (Lipinski definition) is 9. The molecular weight excluding hydrogens is 402 g/mol. The van der Waals surface area contributed by atoms with Gasteiger partial charge < -0.3 is 25.2 Å². The number of carboxylic acid groups (broad SMARTS) is 1. The van der Waals surface area contributed by atoms with E-state index < -0.39 is 15.9 Å². The number of amides is 1. The molecule has 11 nitrogen and oxygen atoms in total. The molecule has 3 N–H and O–H groups in total. The van der Waals surface area contributed by atoms with E-state index in [0.29, 0.717) is 37.3 Å². The van der Waals surface area contributed by atoms with E-state index in [0.717, 1.165) is 6.26 Å². The van der Waals surface area contributed by atoms with Gasteiger partial charge >= 0.3 is 6.09 Å². The predicted molar refractivity (Wildman–Crippen MR) is 102 cm³/mol. The minimum Gasteiger partial charge on any atom is -0.501 e. The van der Waals surface area contributed by atoms with Crippen LogP contribution in [-0.2, 0) is 9.84 Å². The number of aryl methyl sites for hydroxylation is 1. The topological polar surface area (TPSA) is 155 Å². The van der Waals surface area contributed by atoms with Crippen LogP contribution in [0.3, 0.4) is 0 Å². The summed E-state index contributed by atoms with van der Waals surface area (Å²) < 4.78 is 28.9. The van der Waals surface area contributed by atoms with Gasteiger partial charge in [0.25, 0.3) is 5.88 Å². The number of anilines is 2. The zero-order valence-corrected chi connectivity index (χ0v) is 16.7. The maximum Gasteiger partial charge on any atom is 0.407 e. The highest BCUT2D eigenvalue weighted by molar-refractivity contribution is 7.90. The number of likely N-dealkylation sites (tertiary alicyclic amines) is 1. The Balaban J connectivity index is 1.73. The van der Waals surface area contributed by atoms with Crippen LogP contribution in [-0.4, -0.2) is 70.0 Å². The van der Waals surface area contributed by atoms with Crippen LogP contribution in [0.5, 0.6) is 11.6 Å². The predicted octanol–water partition coefficient (Wildman–Crippen LogP) is 1.55. The summed E-state index contributed by atoms with van der Waals surface area (Å²) in [6.45, 7) is 2.31. The van der Waals surface area contributed by atoms with Crippen LogP contribution in [0, 0.1) is 6.92 Å². The molecule has 1 aliphatic rings. The Morgan fingerprint density at radius 2 is 1.97 bits per heavy atom. The van der Waals surface area contributed by atoms with E-state index in [-0.39, 0.29) is 28.6 Å². The minimum atomic E-state index is -3.43. The van der Waals surface area contributed by atoms with Gasteiger partial charge in [0.15, 0.2) is 20.7 Å². The average Bonchev–Trinajstić information content (AvgIpc) is 2.66. The van der Waals surface area contributed by atoms with Gasteiger partial charge in [-0.25, -0.2) is 23.2 Å². The third-order valence-corrected chi connectivity index (χ3v) is 5.46. The van der Waals surface area contributed by atoms with Crippen LogP contribution in [0.25, 0.3) is 0 Å². The van der Waals surface area contributed by atoms with Gasteiger partial charge in [0.1, 0.15) is 12.4 Å². The molecule has 3 rings (SSSR count). The number of carbonyl (C=O) groups is 1. The molecule has 0 aliphatic carbocycles. The van der Waals surface area contributed by atoms with Crippen molar-refractivity contribution in [3.8, 4) is 11.6 Å². The molecule has 2 aromatic heterocycles. The van der Waals surface area contributed by atoms with Gasteiger partial charge in [-0.3, -0.25) is 0 Å². The first-order valence-electron chi connectivity index (χ1n) is 8.78. The van der Waals surface area contributed by atoms with Gasteiger partial charge in [0.05, 0.1) is 11.4 Å². The molecule has 3 heterocycles. The van der Waals surface area contributed by atoms with Crippen molar-refractivity contribution in [2.45, 2.75) is 30.9 Å². The van der Waals surface area contributed by atoms with Crippen LogP contribution < -0.4 is 10.1 Å². The highest BCUT2D eigenvalue weighted by Crippen LogP contribution is 2.34. The third kappa shape index (κ3) is 4.83. The standard InChI is InChI=1S/C17H21N5O6S/c1-10-12(3-4-13(20-10)29(2,26)27)21-15-14(23)16(19-9-18-15)28-11-5-7-22(8-6-11)17(24)25/h3-4,9,11,23H,5-8H2,1-2H3,(H,24,25)(H,18,19,21). The second-order valence-corrected chi connectivity index (χ2v) is 8.61. The molecule has 156 valence electrons. The smallest absolute Gasteiger partial charge is 0.407 e. The second kappa shape index (κ2) is 8.07. The van der Waals surface area contributed by atoms with Gasteiger partial charge in [-0.2, -0.15) is 4.98 Å². The zero-order valence-electron chi connectivity index (χ0n) is 15.9. The lowest BCUT2D eigenvalue weighted by atomic mass is 10.1. The van der Waals surface area contributed by atoms with Gasteiger partial charge in [0, 0.05) is 32.2 Å². The maximum atomic E-state index is 11.6. The van der Waals surface area contributed by atoms with E-state index in [2.05, 4.69) is 20.3 Å². The van der Waals surface area contributed by atoms with Crippen LogP contribution in [0.4, 0.5) is 16.3 Å². The Bertz CT molecular complexity index is 1020. The Morgan fingerprint density at radius 1 is 1.28 bits per heavy atom. The molecule has 1 aliphatic heterocycles. The van der Waals surface area contributed by atoms with Crippen molar-refractivity contribution in [3.05, 3.63) is 24.2 Å². The molecular formula is C17H21N5O6S. The fourth-order valence-electron chi connectivity index (χ4n) is 2.87. The third-order valence-electron chi connectivity index (χ3n) is 4.47. The van der Waals surface area contributed by atoms with Gasteiger partial charge in [0.2, 0.25) is 5.75 Å². The van der Waals surface area contributed by atoms with E-state index in [4.69, 9.17) is 9.84 Å². The number of ether oxygens (including phenoxy) is 1. The SMILES string of the molecule is Cc1nc(S(C)(=O)=O)ccc1Nc1ncnc(OC2CCN(C(=O)O)CC2)c1O. The first-order valence-corrected chi connectivity index (χ1v) is 10.7. The van der Waals surface area contributed by atoms with Crippen molar-refractivity contribution in [1.29, 1.82) is 0 Å². The first kappa shape index (κ1) is 20.6. The lowest BCUT2D eigenvalue weighted by Gasteiger charge is -2.30. The number of sulfone groups is 1. The van der Waals surface area contributed by atoms with Crippen molar-refractivity contribution in [1.82, 2.24) is 19.9 Å². The number of nitrogens with zero attached hydrogens (tertiary/aromatic N) is 4. The van der Waals surface area contributed by atoms with Crippen LogP contribution in [0.15, 0.2) is 23.5 Å². The quantitative estimate of drug-likeness (QED) is 0.645. The van der Waals surface area contributed by atoms with Crippen LogP contribution in [0.2, 0.25) is 0 Å². The van der Waals surface area contributed by atoms with E-state index in [1.807, 2.05) is 0 Å². The zero-order chi connectivity index (χ0) is 21.2. The lowest BCUT2D eigenvalue weighted by molar-refractivity contribution is 0.0852. The van der Waals surface area contributed by atoms with E-state index in [1.165, 1.54) is 23.4 Å². The summed E-state index contributed by atoms with van der Waals surface area (Å²) in [5, 5.41) is 22.3. The average molecular weight is 423 g/mol. The monoisotopic (exact) mass is 423 g/mol. The summed E-state index contributed by atoms with van der Waals surface area (Å²) in [6.07, 6.45) is 2.01. The first-order chi connectivity index (χ1) is 13.6. The van der Waals surface area contributed by atoms with Crippen molar-refractivity contribution in [2.24, 2.45) is 0 Å². The molecule has 12 heteroatoms. The lowest BCUT2D eigenvalue weighted by Crippen LogP contribution is -2.41. The fraction of sp³-hybridized carbons (Fsp3) is 0.412. The molecule has 1 amide bonds. The number of piperidine rings is 1. The van der Waals surface area contributed by atoms with E-state index >= 15 is 0 Å². The van der Waals surface area contributed by atoms with Gasteiger partial charge in [-0.05, 0) is 19.1 Å². The van der Waals surface area contributed by atoms with Crippen molar-refractivity contribution in [2.75, 3.05) is 24.7 Å². The fourth-order valence-corrected chi connectivity index (χ4v) is 3.49. The molecule has 0 bridgehead atoms. The Labute approximate surface area is 167 Å². The number of nitrogens with one attached hydrogen (secondary N) is 1. The summed E-state index contributed by atoms with van der Waals surface area (Å²) in [4.78, 5) is 24.3. The minimum absolute atomic E-state index is 0.0188. The number of aromatic nitrogens is 3. The van der Waals surface area contributed by atoms with Crippen LogP contribution in [0.1, 0.15) is 18.5 Å². The van der Waals surface area contributed by atoms with Crippen molar-refractivity contribution >= 4 is 27.4 Å². The molecule has 29 heavy (non-hydrogen) atoms. The molecule has 2 aromatic rings. The number of hydrogen-bond donors (Lipinski definition) is 3. The summed E-state index contributed by atoms with van der Waals surface area (Å²) in [5.74, 6) is -0.246. The Morgan fingerprint density at radius 3 is 2.55 bits per heavy atom. The number of rotatable bonds is 5. The summed E-state index contributed by atoms with van der Waals surface area (Å²) in [5.41, 5.74) is 0.876. The largest absolute Gasteiger partial charge is 0.501 e. The van der Waals surface area contributed by atoms with Gasteiger partial charge in [-0.15, -0.1) is 0 Å². The normalized spacial score (nSPS) is 15.2. The molecule has 0 radical (unpaired) electrons. The molecule has 0 unspecified atom stereocenters. The Hall–Kier alpha value is -3.15. The highest BCUT2D eigenvalue weighted by atomic mass is 32.2. The molecule has 1 saturated heterocycles. The number of aromatic hydroxyl groups is 1. The van der Waals surface area contributed by atoms with Gasteiger partial charge in [-0.1, -0.05) is 0 Å². The molecule has 0 saturated carbocycles. The summed E-state index contributed by atoms with van der Waals surface area (Å²) >= 11 is 0. The van der Waals surface area contributed by atoms with Crippen molar-refractivity contribution in [3.63, 3.8) is 0 Å². The summed E-state index contributed by atoms with van der Waals surface area (Å²) in [6, 6.07) is 2.89. The van der Waals surface area contributed by atoms with E-state index in [1.54, 1.807) is 6.92 Å². The second-order valence-electron chi connectivity index (χ2n) is 6.64. The molecule has 0 atom stereocenters. The Kier molecular flexibility index (Phi) is 5.73. The van der Waals surface area contributed by atoms with E-state index in [9.17, 15) is 18.3 Å². The molecule has 0 spiro atoms. The maximum absolute atomic E-state index is 11.6. The van der Waals surface area contributed by atoms with Crippen LogP contribution >= 0.6 is 0 Å². The number of pyridine rings is 1. The van der Waals surface area contributed by atoms with Crippen molar-refractivity contribution < 1.29 is 28.2 Å². The molecule has 1 fully saturated rings. The highest BCUT2D eigenvalue weighted by Gasteiger charge is 2.25.